The molecule has 1 saturated heterocycles. The third-order valence-electron chi connectivity index (χ3n) is 7.66. The fourth-order valence-corrected chi connectivity index (χ4v) is 6.01. The molecule has 6 rings (SSSR count). The molecule has 0 saturated carbocycles. The monoisotopic (exact) mass is 590 g/mol. The van der Waals surface area contributed by atoms with Crippen molar-refractivity contribution >= 4 is 28.6 Å². The lowest BCUT2D eigenvalue weighted by Crippen LogP contribution is -2.48. The summed E-state index contributed by atoms with van der Waals surface area (Å²) in [7, 11) is 0. The second kappa shape index (κ2) is 12.9. The van der Waals surface area contributed by atoms with Gasteiger partial charge in [0.15, 0.2) is 0 Å². The summed E-state index contributed by atoms with van der Waals surface area (Å²) in [5, 5.41) is 11.0. The van der Waals surface area contributed by atoms with Crippen LogP contribution in [0.2, 0.25) is 0 Å². The molecule has 0 radical (unpaired) electrons. The standard InChI is InChI=1S/C34H31FN6OS/c35-28-9-7-27(8-10-28)23-41(24-29-22-37-33(38-29)20-25-3-5-26(21-36)6-4-25)31-13-11-30(12-14-31)39-15-17-40(18-16-39)34(42)32-2-1-19-43-32/h1-14,19,22H,15-18,20,23-24H2,(H,37,38). The number of imidazole rings is 1. The summed E-state index contributed by atoms with van der Waals surface area (Å²) in [5.41, 5.74) is 5.87. The normalized spacial score (nSPS) is 13.1. The van der Waals surface area contributed by atoms with Gasteiger partial charge in [0.2, 0.25) is 0 Å². The van der Waals surface area contributed by atoms with Gasteiger partial charge >= 0.3 is 0 Å². The fraction of sp³-hybridized carbons (Fsp3) is 0.206. The minimum Gasteiger partial charge on any atom is -0.368 e. The molecule has 0 aliphatic carbocycles. The molecule has 3 heterocycles. The highest BCUT2D eigenvalue weighted by atomic mass is 32.1. The number of anilines is 2. The van der Waals surface area contributed by atoms with Crippen LogP contribution in [0.4, 0.5) is 15.8 Å². The molecule has 0 unspecified atom stereocenters. The van der Waals surface area contributed by atoms with Gasteiger partial charge in [0.25, 0.3) is 5.91 Å². The van der Waals surface area contributed by atoms with Crippen LogP contribution in [0.25, 0.3) is 0 Å². The Bertz CT molecular complexity index is 1680. The van der Waals surface area contributed by atoms with Crippen molar-refractivity contribution in [3.8, 4) is 6.07 Å². The molecule has 3 aromatic carbocycles. The minimum absolute atomic E-state index is 0.111. The second-order valence-electron chi connectivity index (χ2n) is 10.6. The number of hydrogen-bond donors (Lipinski definition) is 1. The zero-order valence-electron chi connectivity index (χ0n) is 23.6. The van der Waals surface area contributed by atoms with Crippen molar-refractivity contribution < 1.29 is 9.18 Å². The number of carbonyl (C=O) groups is 1. The van der Waals surface area contributed by atoms with Crippen molar-refractivity contribution in [1.82, 2.24) is 14.9 Å². The Kier molecular flexibility index (Phi) is 8.47. The van der Waals surface area contributed by atoms with E-state index in [1.54, 1.807) is 0 Å². The van der Waals surface area contributed by atoms with Gasteiger partial charge in [-0.25, -0.2) is 9.37 Å². The maximum Gasteiger partial charge on any atom is 0.264 e. The molecular formula is C34H31FN6OS. The number of nitrogens with zero attached hydrogens (tertiary/aromatic N) is 5. The van der Waals surface area contributed by atoms with Gasteiger partial charge in [-0.3, -0.25) is 4.79 Å². The summed E-state index contributed by atoms with van der Waals surface area (Å²) in [6.07, 6.45) is 2.51. The smallest absolute Gasteiger partial charge is 0.264 e. The molecule has 9 heteroatoms. The van der Waals surface area contributed by atoms with E-state index in [1.165, 1.54) is 23.5 Å². The van der Waals surface area contributed by atoms with Crippen molar-refractivity contribution in [2.75, 3.05) is 36.0 Å². The molecule has 1 N–H and O–H groups in total. The lowest BCUT2D eigenvalue weighted by atomic mass is 10.1. The summed E-state index contributed by atoms with van der Waals surface area (Å²) < 4.78 is 13.6. The van der Waals surface area contributed by atoms with Gasteiger partial charge in [-0.05, 0) is 71.1 Å². The van der Waals surface area contributed by atoms with Crippen LogP contribution in [0, 0.1) is 17.1 Å². The molecule has 1 aliphatic heterocycles. The topological polar surface area (TPSA) is 79.3 Å². The van der Waals surface area contributed by atoms with Gasteiger partial charge in [0.05, 0.1) is 34.9 Å². The van der Waals surface area contributed by atoms with Gasteiger partial charge < -0.3 is 19.7 Å². The number of benzene rings is 3. The molecule has 1 amide bonds. The van der Waals surface area contributed by atoms with E-state index in [0.29, 0.717) is 38.2 Å². The van der Waals surface area contributed by atoms with Crippen LogP contribution in [0.15, 0.2) is 96.5 Å². The molecule has 5 aromatic rings. The second-order valence-corrected chi connectivity index (χ2v) is 11.5. The third kappa shape index (κ3) is 6.93. The molecule has 216 valence electrons. The van der Waals surface area contributed by atoms with Gasteiger partial charge in [-0.15, -0.1) is 11.3 Å². The van der Waals surface area contributed by atoms with Gasteiger partial charge in [0, 0.05) is 50.5 Å². The van der Waals surface area contributed by atoms with E-state index in [0.717, 1.165) is 52.0 Å². The quantitative estimate of drug-likeness (QED) is 0.220. The highest BCUT2D eigenvalue weighted by Crippen LogP contribution is 2.26. The number of nitriles is 1. The first-order chi connectivity index (χ1) is 21.0. The Balaban J connectivity index is 1.14. The molecule has 1 fully saturated rings. The molecule has 1 aliphatic rings. The van der Waals surface area contributed by atoms with Crippen molar-refractivity contribution in [2.45, 2.75) is 19.5 Å². The van der Waals surface area contributed by atoms with E-state index in [1.807, 2.05) is 65.0 Å². The summed E-state index contributed by atoms with van der Waals surface area (Å²) in [5.74, 6) is 0.714. The Morgan fingerprint density at radius 3 is 2.33 bits per heavy atom. The lowest BCUT2D eigenvalue weighted by molar-refractivity contribution is 0.0751. The van der Waals surface area contributed by atoms with Crippen LogP contribution in [0.1, 0.15) is 37.9 Å². The number of H-pyrrole nitrogens is 1. The molecule has 0 spiro atoms. The number of nitrogens with one attached hydrogen (secondary N) is 1. The predicted octanol–water partition coefficient (Wildman–Crippen LogP) is 6.24. The number of piperazine rings is 1. The Morgan fingerprint density at radius 1 is 0.930 bits per heavy atom. The summed E-state index contributed by atoms with van der Waals surface area (Å²) >= 11 is 1.49. The van der Waals surface area contributed by atoms with Crippen molar-refractivity contribution in [1.29, 1.82) is 5.26 Å². The van der Waals surface area contributed by atoms with E-state index in [9.17, 15) is 9.18 Å². The van der Waals surface area contributed by atoms with Crippen LogP contribution in [0.3, 0.4) is 0 Å². The average molecular weight is 591 g/mol. The molecule has 0 atom stereocenters. The van der Waals surface area contributed by atoms with Crippen LogP contribution in [0.5, 0.6) is 0 Å². The van der Waals surface area contributed by atoms with Crippen LogP contribution >= 0.6 is 11.3 Å². The molecule has 7 nitrogen and oxygen atoms in total. The van der Waals surface area contributed by atoms with Crippen LogP contribution < -0.4 is 9.80 Å². The SMILES string of the molecule is N#Cc1ccc(Cc2ncc(CN(Cc3ccc(F)cc3)c3ccc(N4CCN(C(=O)c5cccs5)CC4)cc3)[nH]2)cc1. The zero-order chi connectivity index (χ0) is 29.6. The predicted molar refractivity (Wildman–Crippen MR) is 168 cm³/mol. The van der Waals surface area contributed by atoms with Crippen molar-refractivity contribution in [3.63, 3.8) is 0 Å². The number of carbonyl (C=O) groups excluding carboxylic acids is 1. The summed E-state index contributed by atoms with van der Waals surface area (Å²) in [6, 6.07) is 28.6. The van der Waals surface area contributed by atoms with E-state index in [4.69, 9.17) is 5.26 Å². The average Bonchev–Trinajstić information content (AvgIpc) is 3.75. The van der Waals surface area contributed by atoms with Gasteiger partial charge in [-0.2, -0.15) is 5.26 Å². The first kappa shape index (κ1) is 28.2. The molecule has 0 bridgehead atoms. The molecular weight excluding hydrogens is 559 g/mol. The minimum atomic E-state index is -0.252. The van der Waals surface area contributed by atoms with Gasteiger partial charge in [-0.1, -0.05) is 30.3 Å². The van der Waals surface area contributed by atoms with Crippen molar-refractivity contribution in [3.05, 3.63) is 135 Å². The Hall–Kier alpha value is -4.94. The van der Waals surface area contributed by atoms with E-state index in [2.05, 4.69) is 50.1 Å². The fourth-order valence-electron chi connectivity index (χ4n) is 5.32. The number of halogens is 1. The molecule has 2 aromatic heterocycles. The first-order valence-corrected chi connectivity index (χ1v) is 15.1. The number of aromatic amines is 1. The number of amides is 1. The highest BCUT2D eigenvalue weighted by Gasteiger charge is 2.23. The first-order valence-electron chi connectivity index (χ1n) is 14.2. The number of thiophene rings is 1. The Morgan fingerprint density at radius 2 is 1.65 bits per heavy atom. The van der Waals surface area contributed by atoms with Crippen molar-refractivity contribution in [2.24, 2.45) is 0 Å². The maximum absolute atomic E-state index is 13.6. The van der Waals surface area contributed by atoms with Gasteiger partial charge in [0.1, 0.15) is 11.6 Å². The van der Waals surface area contributed by atoms with E-state index >= 15 is 0 Å². The zero-order valence-corrected chi connectivity index (χ0v) is 24.4. The van der Waals surface area contributed by atoms with Crippen LogP contribution in [-0.2, 0) is 19.5 Å². The highest BCUT2D eigenvalue weighted by molar-refractivity contribution is 7.12. The van der Waals surface area contributed by atoms with Crippen LogP contribution in [-0.4, -0.2) is 47.0 Å². The number of rotatable bonds is 9. The number of hydrogen-bond acceptors (Lipinski definition) is 6. The maximum atomic E-state index is 13.6. The van der Waals surface area contributed by atoms with E-state index in [-0.39, 0.29) is 11.7 Å². The van der Waals surface area contributed by atoms with E-state index < -0.39 is 0 Å². The largest absolute Gasteiger partial charge is 0.368 e. The molecule has 43 heavy (non-hydrogen) atoms. The summed E-state index contributed by atoms with van der Waals surface area (Å²) in [4.78, 5) is 28.1. The lowest BCUT2D eigenvalue weighted by Gasteiger charge is -2.36. The number of aromatic nitrogens is 2. The third-order valence-corrected chi connectivity index (χ3v) is 8.52. The Labute approximate surface area is 254 Å². The summed E-state index contributed by atoms with van der Waals surface area (Å²) in [6.45, 7) is 4.16.